The van der Waals surface area contributed by atoms with Crippen molar-refractivity contribution in [2.45, 2.75) is 393 Å². The number of aliphatic hydroxyl groups is 2. The molecule has 0 aliphatic rings. The molecule has 0 aliphatic carbocycles. The van der Waals surface area contributed by atoms with Gasteiger partial charge in [-0.25, -0.2) is 4.79 Å². The van der Waals surface area contributed by atoms with E-state index in [-0.39, 0.29) is 26.1 Å². The number of hydrogen-bond donors (Lipinski definition) is 2. The lowest BCUT2D eigenvalue weighted by Crippen LogP contribution is -2.46. The van der Waals surface area contributed by atoms with Crippen LogP contribution < -0.4 is 0 Å². The molecule has 0 aromatic rings. The molecule has 0 amide bonds. The van der Waals surface area contributed by atoms with E-state index >= 15 is 0 Å². The van der Waals surface area contributed by atoms with Crippen molar-refractivity contribution in [3.8, 4) is 0 Å². The quantitative estimate of drug-likeness (QED) is 0.0336. The Kier molecular flexibility index (Phi) is 60.8. The van der Waals surface area contributed by atoms with E-state index in [4.69, 9.17) is 23.7 Å². The lowest BCUT2D eigenvalue weighted by atomic mass is 9.92. The predicted molar refractivity (Wildman–Crippen MR) is 351 cm³/mol. The molecule has 12 heteroatoms. The minimum atomic E-state index is -2.58. The third-order valence-electron chi connectivity index (χ3n) is 17.2. The highest BCUT2D eigenvalue weighted by Crippen LogP contribution is 2.26. The molecule has 0 saturated heterocycles. The average molecular weight is 1210 g/mol. The number of unbranched alkanes of at least 4 members (excludes halogenated alkanes) is 48. The van der Waals surface area contributed by atoms with Crippen LogP contribution >= 0.6 is 0 Å². The van der Waals surface area contributed by atoms with Gasteiger partial charge in [-0.05, 0) is 25.7 Å². The van der Waals surface area contributed by atoms with Crippen LogP contribution in [0, 0.1) is 5.41 Å². The first-order chi connectivity index (χ1) is 41.5. The van der Waals surface area contributed by atoms with Crippen LogP contribution in [0.2, 0.25) is 0 Å². The molecule has 502 valence electrons. The van der Waals surface area contributed by atoms with E-state index in [1.54, 1.807) is 0 Å². The van der Waals surface area contributed by atoms with E-state index in [1.165, 1.54) is 231 Å². The molecule has 12 nitrogen and oxygen atoms in total. The highest BCUT2D eigenvalue weighted by atomic mass is 16.6. The zero-order valence-electron chi connectivity index (χ0n) is 56.3. The fourth-order valence-corrected chi connectivity index (χ4v) is 11.2. The summed E-state index contributed by atoms with van der Waals surface area (Å²) in [5.74, 6) is -3.93. The molecule has 0 saturated carbocycles. The van der Waals surface area contributed by atoms with Crippen molar-refractivity contribution in [1.82, 2.24) is 0 Å². The fraction of sp³-hybridized carbons (Fsp3) is 0.932. The van der Waals surface area contributed by atoms with Gasteiger partial charge in [0.25, 0.3) is 0 Å². The molecule has 2 N–H and O–H groups in total. The Morgan fingerprint density at radius 2 is 0.482 bits per heavy atom. The van der Waals surface area contributed by atoms with Gasteiger partial charge in [-0.15, -0.1) is 0 Å². The number of aliphatic hydroxyl groups excluding tert-OH is 1. The summed E-state index contributed by atoms with van der Waals surface area (Å²) in [6.45, 7) is 7.10. The summed E-state index contributed by atoms with van der Waals surface area (Å²) >= 11 is 0. The van der Waals surface area contributed by atoms with E-state index < -0.39 is 80.1 Å². The highest BCUT2D eigenvalue weighted by molar-refractivity contribution is 5.90. The normalized spacial score (nSPS) is 12.3. The van der Waals surface area contributed by atoms with Crippen LogP contribution in [0.15, 0.2) is 0 Å². The monoisotopic (exact) mass is 1210 g/mol. The summed E-state index contributed by atoms with van der Waals surface area (Å²) in [7, 11) is 0. The summed E-state index contributed by atoms with van der Waals surface area (Å²) in [4.78, 5) is 66.8. The SMILES string of the molecule is CCCCCCCCCCCCCCCCCCOC(=O)CC(O)(CC(=O)OCC(CO)(COC(=O)CCCCCCCCCCCC)COC(=O)CCCCCCCCCCCC)C(=O)OCCCCCCCCCCCCCCCCCC. The molecule has 0 heterocycles. The zero-order valence-corrected chi connectivity index (χ0v) is 56.3. The summed E-state index contributed by atoms with van der Waals surface area (Å²) in [6.07, 6.45) is 59.6. The summed E-state index contributed by atoms with van der Waals surface area (Å²) in [6, 6.07) is 0. The molecule has 0 aromatic carbocycles. The number of esters is 5. The maximum absolute atomic E-state index is 13.7. The number of rotatable bonds is 68. The molecule has 0 bridgehead atoms. The molecule has 0 radical (unpaired) electrons. The minimum absolute atomic E-state index is 0.0193. The van der Waals surface area contributed by atoms with Crippen molar-refractivity contribution < 1.29 is 57.9 Å². The van der Waals surface area contributed by atoms with Gasteiger partial charge in [0.1, 0.15) is 19.8 Å². The van der Waals surface area contributed by atoms with Crippen LogP contribution in [0.4, 0.5) is 0 Å². The Morgan fingerprint density at radius 1 is 0.271 bits per heavy atom. The fourth-order valence-electron chi connectivity index (χ4n) is 11.2. The Hall–Kier alpha value is -2.73. The Morgan fingerprint density at radius 3 is 0.741 bits per heavy atom. The summed E-state index contributed by atoms with van der Waals surface area (Å²) in [5.41, 5.74) is -4.10. The highest BCUT2D eigenvalue weighted by Gasteiger charge is 2.44. The van der Waals surface area contributed by atoms with Gasteiger partial charge in [-0.3, -0.25) is 19.2 Å². The molecule has 1 unspecified atom stereocenters. The van der Waals surface area contributed by atoms with Crippen molar-refractivity contribution in [1.29, 1.82) is 0 Å². The average Bonchev–Trinajstić information content (AvgIpc) is 3.63. The molecule has 0 spiro atoms. The standard InChI is InChI=1S/C73H138O12/c1-5-9-13-17-21-25-29-31-33-35-37-39-43-47-51-55-59-81-69(77)61-73(80,71(79)82-60-56-52-48-44-40-38-36-34-32-30-26-22-18-14-10-6-2)62-70(78)85-66-72(63-74,64-83-67(75)57-53-49-45-41-27-23-19-15-11-7-3)65-84-68(76)58-54-50-46-42-28-24-20-16-12-8-4/h74,80H,5-66H2,1-4H3. The Labute approximate surface area is 523 Å². The number of carbonyl (C=O) groups is 5. The van der Waals surface area contributed by atoms with Crippen molar-refractivity contribution in [3.05, 3.63) is 0 Å². The molecule has 0 fully saturated rings. The molecule has 85 heavy (non-hydrogen) atoms. The Balaban J connectivity index is 5.53. The van der Waals surface area contributed by atoms with Gasteiger partial charge in [-0.1, -0.05) is 336 Å². The first-order valence-corrected chi connectivity index (χ1v) is 36.6. The third-order valence-corrected chi connectivity index (χ3v) is 17.2. The second-order valence-electron chi connectivity index (χ2n) is 25.9. The maximum atomic E-state index is 13.7. The van der Waals surface area contributed by atoms with Crippen molar-refractivity contribution in [2.75, 3.05) is 39.6 Å². The van der Waals surface area contributed by atoms with Gasteiger partial charge >= 0.3 is 29.8 Å². The van der Waals surface area contributed by atoms with E-state index in [2.05, 4.69) is 27.7 Å². The second-order valence-corrected chi connectivity index (χ2v) is 25.9. The third kappa shape index (κ3) is 55.1. The molecular formula is C73H138O12. The topological polar surface area (TPSA) is 172 Å². The van der Waals surface area contributed by atoms with E-state index in [1.807, 2.05) is 0 Å². The zero-order chi connectivity index (χ0) is 62.3. The molecule has 0 aliphatic heterocycles. The second kappa shape index (κ2) is 62.9. The van der Waals surface area contributed by atoms with E-state index in [9.17, 15) is 34.2 Å². The van der Waals surface area contributed by atoms with Gasteiger partial charge in [0, 0.05) is 12.8 Å². The van der Waals surface area contributed by atoms with Crippen molar-refractivity contribution in [2.24, 2.45) is 5.41 Å². The summed E-state index contributed by atoms with van der Waals surface area (Å²) in [5, 5.41) is 22.7. The van der Waals surface area contributed by atoms with E-state index in [0.717, 1.165) is 77.0 Å². The predicted octanol–water partition coefficient (Wildman–Crippen LogP) is 20.3. The summed E-state index contributed by atoms with van der Waals surface area (Å²) < 4.78 is 28.1. The maximum Gasteiger partial charge on any atom is 0.339 e. The Bertz CT molecular complexity index is 1460. The van der Waals surface area contributed by atoms with Gasteiger partial charge in [-0.2, -0.15) is 0 Å². The lowest BCUT2D eigenvalue weighted by Gasteiger charge is -2.31. The van der Waals surface area contributed by atoms with Crippen molar-refractivity contribution >= 4 is 29.8 Å². The van der Waals surface area contributed by atoms with Crippen LogP contribution in [0.3, 0.4) is 0 Å². The van der Waals surface area contributed by atoms with Crippen molar-refractivity contribution in [3.63, 3.8) is 0 Å². The largest absolute Gasteiger partial charge is 0.466 e. The van der Waals surface area contributed by atoms with Crippen LogP contribution in [0.5, 0.6) is 0 Å². The number of hydrogen-bond acceptors (Lipinski definition) is 12. The minimum Gasteiger partial charge on any atom is -0.466 e. The van der Waals surface area contributed by atoms with Gasteiger partial charge in [0.15, 0.2) is 5.60 Å². The molecule has 1 atom stereocenters. The number of carbonyl (C=O) groups excluding carboxylic acids is 5. The first kappa shape index (κ1) is 82.3. The smallest absolute Gasteiger partial charge is 0.339 e. The van der Waals surface area contributed by atoms with Crippen LogP contribution in [0.25, 0.3) is 0 Å². The molecular weight excluding hydrogens is 1070 g/mol. The van der Waals surface area contributed by atoms with Crippen LogP contribution in [0.1, 0.15) is 387 Å². The number of ether oxygens (including phenoxy) is 5. The van der Waals surface area contributed by atoms with Gasteiger partial charge < -0.3 is 33.9 Å². The lowest BCUT2D eigenvalue weighted by molar-refractivity contribution is -0.180. The van der Waals surface area contributed by atoms with Gasteiger partial charge in [0.2, 0.25) is 0 Å². The first-order valence-electron chi connectivity index (χ1n) is 36.6. The van der Waals surface area contributed by atoms with Gasteiger partial charge in [0.05, 0.1) is 38.1 Å². The van der Waals surface area contributed by atoms with Crippen LogP contribution in [-0.2, 0) is 47.7 Å². The van der Waals surface area contributed by atoms with E-state index in [0.29, 0.717) is 25.7 Å². The molecule has 0 rings (SSSR count). The van der Waals surface area contributed by atoms with Crippen LogP contribution in [-0.4, -0.2) is 85.3 Å². The molecule has 0 aromatic heterocycles.